The van der Waals surface area contributed by atoms with Gasteiger partial charge in [0.1, 0.15) is 6.61 Å². The maximum atomic E-state index is 11.8. The largest absolute Gasteiger partial charge is 0.445 e. The lowest BCUT2D eigenvalue weighted by molar-refractivity contribution is 0.104. The molecule has 0 aliphatic carbocycles. The lowest BCUT2D eigenvalue weighted by Crippen LogP contribution is -2.46. The smallest absolute Gasteiger partial charge is 0.407 e. The summed E-state index contributed by atoms with van der Waals surface area (Å²) in [7, 11) is 0. The number of ether oxygens (including phenoxy) is 1. The molecule has 0 saturated carbocycles. The SMILES string of the molecule is C=C[C@H](O)[C@@H](NC(=O)OCc1ccccc1)[C@@H](C)CC. The Morgan fingerprint density at radius 2 is 2.10 bits per heavy atom. The fraction of sp³-hybridized carbons (Fsp3) is 0.438. The lowest BCUT2D eigenvalue weighted by Gasteiger charge is -2.26. The maximum absolute atomic E-state index is 11.8. The highest BCUT2D eigenvalue weighted by atomic mass is 16.5. The Balaban J connectivity index is 2.51. The molecule has 0 fully saturated rings. The van der Waals surface area contributed by atoms with Crippen LogP contribution in [0.1, 0.15) is 25.8 Å². The zero-order valence-corrected chi connectivity index (χ0v) is 12.1. The van der Waals surface area contributed by atoms with Crippen LogP contribution in [0.4, 0.5) is 4.79 Å². The van der Waals surface area contributed by atoms with Crippen LogP contribution in [0.3, 0.4) is 0 Å². The van der Waals surface area contributed by atoms with E-state index in [2.05, 4.69) is 11.9 Å². The van der Waals surface area contributed by atoms with Gasteiger partial charge in [-0.05, 0) is 11.5 Å². The van der Waals surface area contributed by atoms with E-state index in [0.717, 1.165) is 12.0 Å². The van der Waals surface area contributed by atoms with Gasteiger partial charge in [-0.3, -0.25) is 0 Å². The molecule has 0 aromatic heterocycles. The van der Waals surface area contributed by atoms with Crippen LogP contribution in [-0.2, 0) is 11.3 Å². The van der Waals surface area contributed by atoms with Crippen molar-refractivity contribution < 1.29 is 14.6 Å². The van der Waals surface area contributed by atoms with E-state index in [-0.39, 0.29) is 18.6 Å². The lowest BCUT2D eigenvalue weighted by atomic mass is 9.94. The van der Waals surface area contributed by atoms with Crippen molar-refractivity contribution in [2.24, 2.45) is 5.92 Å². The fourth-order valence-electron chi connectivity index (χ4n) is 1.87. The number of aliphatic hydroxyl groups is 1. The number of nitrogens with one attached hydrogen (secondary N) is 1. The molecule has 0 spiro atoms. The first-order chi connectivity index (χ1) is 9.58. The summed E-state index contributed by atoms with van der Waals surface area (Å²) in [6.07, 6.45) is 0.956. The first kappa shape index (κ1) is 16.2. The molecule has 0 aliphatic heterocycles. The first-order valence-electron chi connectivity index (χ1n) is 6.86. The number of aliphatic hydroxyl groups excluding tert-OH is 1. The minimum atomic E-state index is -0.783. The number of carbonyl (C=O) groups excluding carboxylic acids is 1. The van der Waals surface area contributed by atoms with E-state index in [0.29, 0.717) is 0 Å². The fourth-order valence-corrected chi connectivity index (χ4v) is 1.87. The van der Waals surface area contributed by atoms with E-state index in [4.69, 9.17) is 4.74 Å². The Kier molecular flexibility index (Phi) is 6.81. The molecule has 3 atom stereocenters. The number of amides is 1. The molecule has 1 aromatic carbocycles. The highest BCUT2D eigenvalue weighted by Gasteiger charge is 2.24. The van der Waals surface area contributed by atoms with Crippen LogP contribution >= 0.6 is 0 Å². The summed E-state index contributed by atoms with van der Waals surface area (Å²) in [6, 6.07) is 9.07. The van der Waals surface area contributed by atoms with E-state index in [1.165, 1.54) is 6.08 Å². The number of hydrogen-bond acceptors (Lipinski definition) is 3. The first-order valence-corrected chi connectivity index (χ1v) is 6.86. The van der Waals surface area contributed by atoms with Gasteiger partial charge in [-0.2, -0.15) is 0 Å². The predicted octanol–water partition coefficient (Wildman–Crippen LogP) is 2.87. The van der Waals surface area contributed by atoms with Crippen molar-refractivity contribution >= 4 is 6.09 Å². The number of hydrogen-bond donors (Lipinski definition) is 2. The third kappa shape index (κ3) is 5.05. The van der Waals surface area contributed by atoms with Crippen LogP contribution in [-0.4, -0.2) is 23.3 Å². The van der Waals surface area contributed by atoms with Gasteiger partial charge in [-0.15, -0.1) is 6.58 Å². The Hall–Kier alpha value is -1.81. The average Bonchev–Trinajstić information content (AvgIpc) is 2.50. The molecule has 0 unspecified atom stereocenters. The monoisotopic (exact) mass is 277 g/mol. The molecule has 0 bridgehead atoms. The van der Waals surface area contributed by atoms with Gasteiger partial charge in [0, 0.05) is 0 Å². The zero-order chi connectivity index (χ0) is 15.0. The Morgan fingerprint density at radius 3 is 2.65 bits per heavy atom. The topological polar surface area (TPSA) is 58.6 Å². The molecule has 110 valence electrons. The summed E-state index contributed by atoms with van der Waals surface area (Å²) in [4.78, 5) is 11.8. The van der Waals surface area contributed by atoms with Gasteiger partial charge in [0.05, 0.1) is 12.1 Å². The molecule has 0 radical (unpaired) electrons. The van der Waals surface area contributed by atoms with Crippen LogP contribution < -0.4 is 5.32 Å². The molecule has 0 saturated heterocycles. The normalized spacial score (nSPS) is 14.9. The quantitative estimate of drug-likeness (QED) is 0.753. The summed E-state index contributed by atoms with van der Waals surface area (Å²) in [5.74, 6) is 0.132. The van der Waals surface area contributed by atoms with Gasteiger partial charge in [0.2, 0.25) is 0 Å². The summed E-state index contributed by atoms with van der Waals surface area (Å²) >= 11 is 0. The number of rotatable bonds is 7. The van der Waals surface area contributed by atoms with Crippen LogP contribution in [0.5, 0.6) is 0 Å². The molecule has 0 aliphatic rings. The molecule has 0 heterocycles. The Labute approximate surface area is 120 Å². The second-order valence-corrected chi connectivity index (χ2v) is 4.84. The van der Waals surface area contributed by atoms with Gasteiger partial charge in [0.25, 0.3) is 0 Å². The molecule has 20 heavy (non-hydrogen) atoms. The van der Waals surface area contributed by atoms with Crippen LogP contribution in [0.15, 0.2) is 43.0 Å². The van der Waals surface area contributed by atoms with Gasteiger partial charge in [-0.1, -0.05) is 56.7 Å². The van der Waals surface area contributed by atoms with Crippen molar-refractivity contribution in [1.82, 2.24) is 5.32 Å². The van der Waals surface area contributed by atoms with Gasteiger partial charge < -0.3 is 15.2 Å². The van der Waals surface area contributed by atoms with Crippen molar-refractivity contribution in [3.05, 3.63) is 48.6 Å². The number of benzene rings is 1. The Morgan fingerprint density at radius 1 is 1.45 bits per heavy atom. The summed E-state index contributed by atoms with van der Waals surface area (Å²) < 4.78 is 5.15. The van der Waals surface area contributed by atoms with Crippen molar-refractivity contribution in [2.75, 3.05) is 0 Å². The van der Waals surface area contributed by atoms with Crippen LogP contribution in [0, 0.1) is 5.92 Å². The standard InChI is InChI=1S/C16H23NO3/c1-4-12(3)15(14(18)5-2)17-16(19)20-11-13-9-7-6-8-10-13/h5-10,12,14-15,18H,2,4,11H2,1,3H3,(H,17,19)/t12-,14-,15-/m0/s1. The number of alkyl carbamates (subject to hydrolysis) is 1. The van der Waals surface area contributed by atoms with Crippen molar-refractivity contribution in [3.8, 4) is 0 Å². The average molecular weight is 277 g/mol. The second kappa shape index (κ2) is 8.38. The van der Waals surface area contributed by atoms with Gasteiger partial charge in [0.15, 0.2) is 0 Å². The molecule has 1 amide bonds. The highest BCUT2D eigenvalue weighted by molar-refractivity contribution is 5.67. The van der Waals surface area contributed by atoms with Gasteiger partial charge >= 0.3 is 6.09 Å². The Bertz CT molecular complexity index is 419. The third-order valence-corrected chi connectivity index (χ3v) is 3.36. The molecule has 1 rings (SSSR count). The molecule has 2 N–H and O–H groups in total. The third-order valence-electron chi connectivity index (χ3n) is 3.36. The molecular weight excluding hydrogens is 254 g/mol. The van der Waals surface area contributed by atoms with E-state index < -0.39 is 12.2 Å². The molecular formula is C16H23NO3. The van der Waals surface area contributed by atoms with Crippen molar-refractivity contribution in [1.29, 1.82) is 0 Å². The zero-order valence-electron chi connectivity index (χ0n) is 12.1. The van der Waals surface area contributed by atoms with E-state index >= 15 is 0 Å². The molecule has 4 heteroatoms. The predicted molar refractivity (Wildman–Crippen MR) is 79.2 cm³/mol. The minimum Gasteiger partial charge on any atom is -0.445 e. The number of carbonyl (C=O) groups is 1. The van der Waals surface area contributed by atoms with E-state index in [9.17, 15) is 9.90 Å². The molecule has 1 aromatic rings. The summed E-state index contributed by atoms with van der Waals surface area (Å²) in [5.41, 5.74) is 0.923. The maximum Gasteiger partial charge on any atom is 0.407 e. The van der Waals surface area contributed by atoms with Gasteiger partial charge in [-0.25, -0.2) is 4.79 Å². The molecule has 4 nitrogen and oxygen atoms in total. The minimum absolute atomic E-state index is 0.132. The highest BCUT2D eigenvalue weighted by Crippen LogP contribution is 2.12. The van der Waals surface area contributed by atoms with Crippen LogP contribution in [0.25, 0.3) is 0 Å². The summed E-state index contributed by atoms with van der Waals surface area (Å²) in [6.45, 7) is 7.74. The summed E-state index contributed by atoms with van der Waals surface area (Å²) in [5, 5.41) is 12.6. The van der Waals surface area contributed by atoms with Crippen molar-refractivity contribution in [3.63, 3.8) is 0 Å². The van der Waals surface area contributed by atoms with Crippen LogP contribution in [0.2, 0.25) is 0 Å². The van der Waals surface area contributed by atoms with E-state index in [1.54, 1.807) is 0 Å². The van der Waals surface area contributed by atoms with Crippen molar-refractivity contribution in [2.45, 2.75) is 39.0 Å². The van der Waals surface area contributed by atoms with E-state index in [1.807, 2.05) is 44.2 Å². The second-order valence-electron chi connectivity index (χ2n) is 4.84.